The molecule has 15 heavy (non-hydrogen) atoms. The molecule has 0 aromatic carbocycles. The predicted octanol–water partition coefficient (Wildman–Crippen LogP) is -0.933. The van der Waals surface area contributed by atoms with E-state index in [2.05, 4.69) is 20.3 Å². The predicted molar refractivity (Wildman–Crippen MR) is 54.9 cm³/mol. The first kappa shape index (κ1) is 11.4. The van der Waals surface area contributed by atoms with Gasteiger partial charge in [0, 0.05) is 14.2 Å². The normalized spacial score (nSPS) is 10.6. The summed E-state index contributed by atoms with van der Waals surface area (Å²) in [4.78, 5) is 11.3. The number of nitrogens with zero attached hydrogens (tertiary/aromatic N) is 3. The number of aromatic nitrogens is 3. The molecule has 84 valence electrons. The summed E-state index contributed by atoms with van der Waals surface area (Å²) < 4.78 is 9.93. The number of anilines is 3. The summed E-state index contributed by atoms with van der Waals surface area (Å²) in [5, 5.41) is 2.86. The van der Waals surface area contributed by atoms with Crippen LogP contribution in [-0.4, -0.2) is 42.0 Å². The van der Waals surface area contributed by atoms with Gasteiger partial charge in [-0.15, -0.1) is 0 Å². The molecule has 0 fully saturated rings. The van der Waals surface area contributed by atoms with Crippen molar-refractivity contribution >= 4 is 17.8 Å². The fourth-order valence-corrected chi connectivity index (χ4v) is 0.926. The van der Waals surface area contributed by atoms with Crippen molar-refractivity contribution in [1.29, 1.82) is 0 Å². The van der Waals surface area contributed by atoms with Crippen LogP contribution < -0.4 is 16.8 Å². The number of nitrogens with two attached hydrogens (primary N) is 2. The average molecular weight is 214 g/mol. The fraction of sp³-hybridized carbons (Fsp3) is 0.571. The molecule has 5 N–H and O–H groups in total. The lowest BCUT2D eigenvalue weighted by atomic mass is 10.6. The molecular formula is C7H14N6O2. The molecule has 8 nitrogen and oxygen atoms in total. The molecule has 1 rings (SSSR count). The lowest BCUT2D eigenvalue weighted by Gasteiger charge is -2.13. The maximum absolute atomic E-state index is 5.39. The number of hydrogen-bond donors (Lipinski definition) is 3. The van der Waals surface area contributed by atoms with E-state index in [-0.39, 0.29) is 18.2 Å². The van der Waals surface area contributed by atoms with Gasteiger partial charge in [-0.3, -0.25) is 0 Å². The summed E-state index contributed by atoms with van der Waals surface area (Å²) in [6.45, 7) is 0.385. The molecule has 0 spiro atoms. The van der Waals surface area contributed by atoms with Crippen LogP contribution in [-0.2, 0) is 9.47 Å². The number of nitrogens with one attached hydrogen (secondary N) is 1. The standard InChI is InChI=1S/C7H14N6O2/c1-14-4(15-2)3-10-7-12-5(8)11-6(9)13-7/h4H,3H2,1-2H3,(H5,8,9,10,11,12,13). The second-order valence-corrected chi connectivity index (χ2v) is 2.66. The highest BCUT2D eigenvalue weighted by atomic mass is 16.7. The van der Waals surface area contributed by atoms with E-state index in [1.54, 1.807) is 0 Å². The van der Waals surface area contributed by atoms with Gasteiger partial charge in [-0.05, 0) is 0 Å². The molecule has 1 aromatic rings. The van der Waals surface area contributed by atoms with Gasteiger partial charge in [-0.2, -0.15) is 15.0 Å². The van der Waals surface area contributed by atoms with E-state index in [0.29, 0.717) is 12.5 Å². The van der Waals surface area contributed by atoms with E-state index >= 15 is 0 Å². The molecule has 0 aliphatic heterocycles. The molecule has 0 saturated heterocycles. The van der Waals surface area contributed by atoms with E-state index in [9.17, 15) is 0 Å². The quantitative estimate of drug-likeness (QED) is 0.537. The van der Waals surface area contributed by atoms with Crippen LogP contribution in [0.3, 0.4) is 0 Å². The molecule has 0 bridgehead atoms. The van der Waals surface area contributed by atoms with Gasteiger partial charge in [0.2, 0.25) is 17.8 Å². The van der Waals surface area contributed by atoms with Crippen molar-refractivity contribution in [2.45, 2.75) is 6.29 Å². The van der Waals surface area contributed by atoms with E-state index < -0.39 is 0 Å². The van der Waals surface area contributed by atoms with E-state index in [4.69, 9.17) is 20.9 Å². The van der Waals surface area contributed by atoms with Gasteiger partial charge in [0.15, 0.2) is 6.29 Å². The molecule has 1 heterocycles. The second kappa shape index (κ2) is 5.27. The van der Waals surface area contributed by atoms with Crippen LogP contribution in [0.15, 0.2) is 0 Å². The molecule has 0 atom stereocenters. The summed E-state index contributed by atoms with van der Waals surface area (Å²) in [6.07, 6.45) is -0.385. The SMILES string of the molecule is COC(CNc1nc(N)nc(N)n1)OC. The summed E-state index contributed by atoms with van der Waals surface area (Å²) in [7, 11) is 3.07. The van der Waals surface area contributed by atoms with Crippen LogP contribution in [0, 0.1) is 0 Å². The Hall–Kier alpha value is -1.67. The molecule has 0 unspecified atom stereocenters. The third-order valence-electron chi connectivity index (χ3n) is 1.62. The van der Waals surface area contributed by atoms with Crippen LogP contribution in [0.4, 0.5) is 17.8 Å². The summed E-state index contributed by atoms with van der Waals surface area (Å²) in [5.41, 5.74) is 10.8. The third-order valence-corrected chi connectivity index (χ3v) is 1.62. The maximum Gasteiger partial charge on any atom is 0.229 e. The minimum absolute atomic E-state index is 0.0661. The van der Waals surface area contributed by atoms with E-state index in [1.807, 2.05) is 0 Å². The van der Waals surface area contributed by atoms with Gasteiger partial charge in [-0.25, -0.2) is 0 Å². The topological polar surface area (TPSA) is 121 Å². The summed E-state index contributed by atoms with van der Waals surface area (Å²) in [6, 6.07) is 0. The maximum atomic E-state index is 5.39. The molecule has 0 aliphatic carbocycles. The van der Waals surface area contributed by atoms with Gasteiger partial charge < -0.3 is 26.3 Å². The number of ether oxygens (including phenoxy) is 2. The van der Waals surface area contributed by atoms with Crippen LogP contribution >= 0.6 is 0 Å². The van der Waals surface area contributed by atoms with Gasteiger partial charge in [0.1, 0.15) is 0 Å². The highest BCUT2D eigenvalue weighted by Gasteiger charge is 2.06. The minimum Gasteiger partial charge on any atom is -0.368 e. The lowest BCUT2D eigenvalue weighted by Crippen LogP contribution is -2.24. The van der Waals surface area contributed by atoms with Gasteiger partial charge in [-0.1, -0.05) is 0 Å². The zero-order chi connectivity index (χ0) is 11.3. The number of nitrogen functional groups attached to an aromatic ring is 2. The number of hydrogen-bond acceptors (Lipinski definition) is 8. The zero-order valence-electron chi connectivity index (χ0n) is 8.60. The Balaban J connectivity index is 2.57. The average Bonchev–Trinajstić information content (AvgIpc) is 2.18. The zero-order valence-corrected chi connectivity index (χ0v) is 8.60. The Morgan fingerprint density at radius 3 is 2.13 bits per heavy atom. The van der Waals surface area contributed by atoms with Crippen molar-refractivity contribution in [3.8, 4) is 0 Å². The van der Waals surface area contributed by atoms with Crippen molar-refractivity contribution < 1.29 is 9.47 Å². The van der Waals surface area contributed by atoms with E-state index in [0.717, 1.165) is 0 Å². The van der Waals surface area contributed by atoms with Crippen molar-refractivity contribution in [2.24, 2.45) is 0 Å². The Labute approximate surface area is 87.0 Å². The number of rotatable bonds is 5. The van der Waals surface area contributed by atoms with Crippen LogP contribution in [0.25, 0.3) is 0 Å². The molecule has 0 amide bonds. The van der Waals surface area contributed by atoms with Crippen LogP contribution in [0.1, 0.15) is 0 Å². The third kappa shape index (κ3) is 3.52. The van der Waals surface area contributed by atoms with Gasteiger partial charge in [0.25, 0.3) is 0 Å². The molecule has 0 saturated carbocycles. The first-order valence-electron chi connectivity index (χ1n) is 4.22. The molecule has 1 aromatic heterocycles. The molecular weight excluding hydrogens is 200 g/mol. The van der Waals surface area contributed by atoms with E-state index in [1.165, 1.54) is 14.2 Å². The molecule has 8 heteroatoms. The fourth-order valence-electron chi connectivity index (χ4n) is 0.926. The highest BCUT2D eigenvalue weighted by Crippen LogP contribution is 2.03. The van der Waals surface area contributed by atoms with Gasteiger partial charge in [0.05, 0.1) is 6.54 Å². The Kier molecular flexibility index (Phi) is 4.01. The highest BCUT2D eigenvalue weighted by molar-refractivity contribution is 5.36. The summed E-state index contributed by atoms with van der Waals surface area (Å²) >= 11 is 0. The Morgan fingerprint density at radius 2 is 1.67 bits per heavy atom. The first-order chi connectivity index (χ1) is 7.15. The molecule has 0 radical (unpaired) electrons. The second-order valence-electron chi connectivity index (χ2n) is 2.66. The summed E-state index contributed by atoms with van der Waals surface area (Å²) in [5.74, 6) is 0.423. The molecule has 0 aliphatic rings. The van der Waals surface area contributed by atoms with Gasteiger partial charge >= 0.3 is 0 Å². The largest absolute Gasteiger partial charge is 0.368 e. The first-order valence-corrected chi connectivity index (χ1v) is 4.22. The van der Waals surface area contributed by atoms with Crippen molar-refractivity contribution in [3.63, 3.8) is 0 Å². The van der Waals surface area contributed by atoms with Crippen LogP contribution in [0.2, 0.25) is 0 Å². The Morgan fingerprint density at radius 1 is 1.13 bits per heavy atom. The smallest absolute Gasteiger partial charge is 0.229 e. The van der Waals surface area contributed by atoms with Crippen molar-refractivity contribution in [1.82, 2.24) is 15.0 Å². The minimum atomic E-state index is -0.385. The Bertz CT molecular complexity index is 296. The monoisotopic (exact) mass is 214 g/mol. The number of methoxy groups -OCH3 is 2. The van der Waals surface area contributed by atoms with Crippen molar-refractivity contribution in [2.75, 3.05) is 37.5 Å². The van der Waals surface area contributed by atoms with Crippen LogP contribution in [0.5, 0.6) is 0 Å². The lowest BCUT2D eigenvalue weighted by molar-refractivity contribution is -0.0914. The van der Waals surface area contributed by atoms with Crippen molar-refractivity contribution in [3.05, 3.63) is 0 Å².